The zero-order valence-corrected chi connectivity index (χ0v) is 63.5. The Bertz CT molecular complexity index is 4120. The summed E-state index contributed by atoms with van der Waals surface area (Å²) in [6, 6.07) is 16.2. The molecule has 0 radical (unpaired) electrons. The van der Waals surface area contributed by atoms with E-state index in [1.165, 1.54) is 25.7 Å². The van der Waals surface area contributed by atoms with Gasteiger partial charge in [-0.05, 0) is 202 Å². The van der Waals surface area contributed by atoms with E-state index in [0.29, 0.717) is 78.7 Å². The molecule has 102 heavy (non-hydrogen) atoms. The number of likely N-dealkylation sites (tertiary alicyclic amines) is 3. The predicted octanol–water partition coefficient (Wildman–Crippen LogP) is 13.9. The standard InChI is InChI=1S/2C25H30Cl2N6O.C24H28Cl2N6O2/c2*1-15(34)11-31-8-4-5-18(12-31)19-13-32(14-19)23-10-28-24-16(2)30-33(25(24)29-23)17(3)21-7-6-20(26)9-22(21)27;1-14-23-24(32(29-14)15(2)19-6-5-18(25)8-20(19)26)28-21(9-27-23)31-11-17(12-31)16-4-3-7-30(10-16)13-22(33)34/h2*6-7,9-10,17-19H,4-5,8,11-14H2,1-3H3;5-6,8-9,15-17H,3-4,7,10-13H2,1-2H3,(H,33,34)/t17-,18+;17-,18-;15-,16+/m111/s1. The fourth-order valence-corrected chi connectivity index (χ4v) is 17.7. The SMILES string of the molecule is CC(=O)CN1CCC[C@@H](C2CN(c3cnc4c(C)nn([C@H](C)c5ccc(Cl)cc5Cl)c4n3)C2)C1.CC(=O)CN1CCC[C@H](C2CN(c3cnc4c(C)nn([C@H](C)c5ccc(Cl)cc5Cl)c4n3)C2)C1.Cc1nn([C@H](C)c2ccc(Cl)cc2Cl)c2nc(N3CC([C@H]4CCCN(CC(=O)O)C4)C3)cnc12. The fraction of sp³-hybridized carbons (Fsp3) is 0.514. The highest BCUT2D eigenvalue weighted by atomic mass is 35.5. The average Bonchev–Trinajstić information content (AvgIpc) is 1.54. The van der Waals surface area contributed by atoms with Crippen LogP contribution in [0.1, 0.15) is 125 Å². The van der Waals surface area contributed by atoms with Crippen molar-refractivity contribution in [1.29, 1.82) is 0 Å². The van der Waals surface area contributed by atoms with Crippen LogP contribution in [-0.2, 0) is 14.4 Å². The molecule has 22 nitrogen and oxygen atoms in total. The predicted molar refractivity (Wildman–Crippen MR) is 405 cm³/mol. The van der Waals surface area contributed by atoms with Gasteiger partial charge < -0.3 is 19.8 Å². The number of carbonyl (C=O) groups is 3. The van der Waals surface area contributed by atoms with Crippen molar-refractivity contribution < 1.29 is 19.5 Å². The van der Waals surface area contributed by atoms with Crippen molar-refractivity contribution in [2.45, 2.75) is 112 Å². The lowest BCUT2D eigenvalue weighted by Crippen LogP contribution is -2.54. The highest BCUT2D eigenvalue weighted by molar-refractivity contribution is 6.36. The second-order valence-electron chi connectivity index (χ2n) is 29.0. The summed E-state index contributed by atoms with van der Waals surface area (Å²) in [7, 11) is 0. The number of anilines is 3. The van der Waals surface area contributed by atoms with Crippen molar-refractivity contribution in [2.24, 2.45) is 35.5 Å². The van der Waals surface area contributed by atoms with Crippen LogP contribution in [0.5, 0.6) is 0 Å². The number of aryl methyl sites for hydroxylation is 3. The highest BCUT2D eigenvalue weighted by Crippen LogP contribution is 2.40. The number of aliphatic carboxylic acids is 1. The molecule has 6 aliphatic rings. The quantitative estimate of drug-likeness (QED) is 0.0843. The number of carbonyl (C=O) groups excluding carboxylic acids is 2. The van der Waals surface area contributed by atoms with Gasteiger partial charge in [0.15, 0.2) is 16.9 Å². The zero-order chi connectivity index (χ0) is 71.9. The number of carboxylic acid groups (broad SMARTS) is 1. The molecule has 15 rings (SSSR count). The lowest BCUT2D eigenvalue weighted by Gasteiger charge is -2.46. The molecule has 12 heterocycles. The molecule has 3 aromatic carbocycles. The molecular formula is C74H88Cl6N18O4. The van der Waals surface area contributed by atoms with E-state index >= 15 is 0 Å². The number of nitrogens with zero attached hydrogens (tertiary/aromatic N) is 18. The van der Waals surface area contributed by atoms with Crippen LogP contribution in [0.3, 0.4) is 0 Å². The number of fused-ring (bicyclic) bond motifs is 3. The van der Waals surface area contributed by atoms with Gasteiger partial charge in [-0.15, -0.1) is 0 Å². The number of aromatic nitrogens is 12. The van der Waals surface area contributed by atoms with Gasteiger partial charge in [0.1, 0.15) is 45.6 Å². The maximum Gasteiger partial charge on any atom is 0.317 e. The van der Waals surface area contributed by atoms with Crippen molar-refractivity contribution in [2.75, 3.05) is 113 Å². The first-order valence-electron chi connectivity index (χ1n) is 35.5. The van der Waals surface area contributed by atoms with Gasteiger partial charge in [-0.25, -0.2) is 43.9 Å². The molecule has 0 bridgehead atoms. The molecule has 6 aromatic heterocycles. The lowest BCUT2D eigenvalue weighted by molar-refractivity contribution is -0.139. The van der Waals surface area contributed by atoms with Gasteiger partial charge in [0.05, 0.1) is 73.4 Å². The van der Waals surface area contributed by atoms with Gasteiger partial charge >= 0.3 is 5.97 Å². The number of Topliss-reactive ketones (excluding diaryl/α,β-unsaturated/α-hetero) is 2. The summed E-state index contributed by atoms with van der Waals surface area (Å²) in [5, 5.41) is 27.0. The molecule has 0 aliphatic carbocycles. The first kappa shape index (κ1) is 73.5. The molecule has 1 N–H and O–H groups in total. The molecule has 540 valence electrons. The maximum atomic E-state index is 11.5. The van der Waals surface area contributed by atoms with Crippen LogP contribution < -0.4 is 14.7 Å². The monoisotopic (exact) mass is 1500 g/mol. The van der Waals surface area contributed by atoms with Gasteiger partial charge in [-0.2, -0.15) is 15.3 Å². The van der Waals surface area contributed by atoms with Crippen LogP contribution in [0, 0.1) is 56.3 Å². The van der Waals surface area contributed by atoms with Gasteiger partial charge in [0.2, 0.25) is 0 Å². The van der Waals surface area contributed by atoms with Crippen molar-refractivity contribution in [1.82, 2.24) is 73.9 Å². The van der Waals surface area contributed by atoms with E-state index in [4.69, 9.17) is 115 Å². The minimum Gasteiger partial charge on any atom is -0.480 e. The van der Waals surface area contributed by atoms with E-state index in [2.05, 4.69) is 48.2 Å². The fourth-order valence-electron chi connectivity index (χ4n) is 16.0. The zero-order valence-electron chi connectivity index (χ0n) is 59.0. The Labute approximate surface area is 624 Å². The number of rotatable bonds is 18. The first-order chi connectivity index (χ1) is 48.9. The topological polar surface area (TPSA) is 222 Å². The third-order valence-corrected chi connectivity index (χ3v) is 23.3. The van der Waals surface area contributed by atoms with Crippen LogP contribution in [-0.4, -0.2) is 195 Å². The van der Waals surface area contributed by atoms with Gasteiger partial charge in [0.25, 0.3) is 0 Å². The Kier molecular flexibility index (Phi) is 22.6. The Morgan fingerprint density at radius 1 is 0.431 bits per heavy atom. The van der Waals surface area contributed by atoms with E-state index in [0.717, 1.165) is 176 Å². The summed E-state index contributed by atoms with van der Waals surface area (Å²) >= 11 is 37.7. The van der Waals surface area contributed by atoms with Crippen LogP contribution in [0.2, 0.25) is 30.1 Å². The molecular weight excluding hydrogens is 1420 g/mol. The normalized spacial score (nSPS) is 20.5. The summed E-state index contributed by atoms with van der Waals surface area (Å²) in [5.74, 6) is 5.98. The van der Waals surface area contributed by atoms with E-state index in [9.17, 15) is 14.4 Å². The number of hydrogen-bond donors (Lipinski definition) is 1. The van der Waals surface area contributed by atoms with Crippen LogP contribution in [0.15, 0.2) is 73.2 Å². The van der Waals surface area contributed by atoms with Crippen LogP contribution in [0.4, 0.5) is 17.5 Å². The number of benzene rings is 3. The number of carboxylic acids is 1. The second kappa shape index (κ2) is 31.5. The van der Waals surface area contributed by atoms with Crippen molar-refractivity contribution in [3.63, 3.8) is 0 Å². The first-order valence-corrected chi connectivity index (χ1v) is 37.8. The molecule has 6 atom stereocenters. The Morgan fingerprint density at radius 2 is 0.716 bits per heavy atom. The molecule has 28 heteroatoms. The molecule has 0 unspecified atom stereocenters. The average molecular weight is 1510 g/mol. The minimum atomic E-state index is -0.750. The van der Waals surface area contributed by atoms with Crippen molar-refractivity contribution in [3.8, 4) is 0 Å². The summed E-state index contributed by atoms with van der Waals surface area (Å²) in [6.07, 6.45) is 12.6. The van der Waals surface area contributed by atoms with Gasteiger partial charge in [-0.3, -0.25) is 29.1 Å². The Hall–Kier alpha value is -6.86. The van der Waals surface area contributed by atoms with Gasteiger partial charge in [0, 0.05) is 89.0 Å². The minimum absolute atomic E-state index is 0.107. The molecule has 6 fully saturated rings. The van der Waals surface area contributed by atoms with E-state index in [1.807, 2.05) is 96.7 Å². The number of ketones is 2. The number of hydrogen-bond acceptors (Lipinski definition) is 18. The van der Waals surface area contributed by atoms with E-state index < -0.39 is 5.97 Å². The van der Waals surface area contributed by atoms with Crippen molar-refractivity contribution >= 4 is 138 Å². The number of halogens is 6. The van der Waals surface area contributed by atoms with E-state index in [-0.39, 0.29) is 36.2 Å². The number of piperidine rings is 3. The summed E-state index contributed by atoms with van der Waals surface area (Å²) in [6.45, 7) is 28.2. The van der Waals surface area contributed by atoms with Gasteiger partial charge in [-0.1, -0.05) is 87.8 Å². The van der Waals surface area contributed by atoms with Crippen LogP contribution >= 0.6 is 69.6 Å². The lowest BCUT2D eigenvalue weighted by atomic mass is 9.80. The highest BCUT2D eigenvalue weighted by Gasteiger charge is 2.40. The Morgan fingerprint density at radius 3 is 0.980 bits per heavy atom. The molecule has 0 spiro atoms. The van der Waals surface area contributed by atoms with Crippen molar-refractivity contribution in [3.05, 3.63) is 137 Å². The largest absolute Gasteiger partial charge is 0.480 e. The third kappa shape index (κ3) is 16.2. The molecule has 0 amide bonds. The molecule has 6 saturated heterocycles. The van der Waals surface area contributed by atoms with E-state index in [1.54, 1.807) is 32.0 Å². The summed E-state index contributed by atoms with van der Waals surface area (Å²) < 4.78 is 5.71. The third-order valence-electron chi connectivity index (χ3n) is 21.6. The maximum absolute atomic E-state index is 11.5. The second-order valence-corrected chi connectivity index (χ2v) is 31.6. The van der Waals surface area contributed by atoms with Crippen LogP contribution in [0.25, 0.3) is 33.5 Å². The Balaban J connectivity index is 0.000000137. The molecule has 0 saturated carbocycles. The molecule has 9 aromatic rings. The molecule has 6 aliphatic heterocycles. The smallest absolute Gasteiger partial charge is 0.317 e. The summed E-state index contributed by atoms with van der Waals surface area (Å²) in [4.78, 5) is 76.7. The summed E-state index contributed by atoms with van der Waals surface area (Å²) in [5.41, 5.74) is 10.0.